The summed E-state index contributed by atoms with van der Waals surface area (Å²) >= 11 is 0. The molecule has 0 aliphatic heterocycles. The Hall–Kier alpha value is -1.18. The van der Waals surface area contributed by atoms with E-state index in [-0.39, 0.29) is 19.1 Å². The molecule has 0 aliphatic carbocycles. The minimum atomic E-state index is -1.08. The van der Waals surface area contributed by atoms with Crippen molar-refractivity contribution >= 4 is 11.9 Å². The smallest absolute Gasteiger partial charge is 0.305 e. The van der Waals surface area contributed by atoms with Crippen LogP contribution in [-0.2, 0) is 19.1 Å². The van der Waals surface area contributed by atoms with Crippen LogP contribution in [0.4, 0.5) is 0 Å². The molecule has 0 aromatic carbocycles. The normalized spacial score (nSPS) is 12.8. The van der Waals surface area contributed by atoms with Crippen molar-refractivity contribution < 1.29 is 24.2 Å². The van der Waals surface area contributed by atoms with E-state index >= 15 is 0 Å². The van der Waals surface area contributed by atoms with E-state index in [9.17, 15) is 9.59 Å². The molecule has 250 valence electrons. The second kappa shape index (κ2) is 32.7. The van der Waals surface area contributed by atoms with Crippen molar-refractivity contribution in [1.82, 2.24) is 5.32 Å². The molecule has 2 unspecified atom stereocenters. The quantitative estimate of drug-likeness (QED) is 0.0639. The van der Waals surface area contributed by atoms with E-state index in [1.807, 2.05) is 0 Å². The summed E-state index contributed by atoms with van der Waals surface area (Å²) in [6.07, 6.45) is 30.7. The number of ether oxygens (including phenoxy) is 2. The molecule has 0 aromatic rings. The fourth-order valence-electron chi connectivity index (χ4n) is 5.25. The molecule has 0 saturated heterocycles. The Morgan fingerprint density at radius 1 is 0.619 bits per heavy atom. The van der Waals surface area contributed by atoms with Crippen LogP contribution in [0.15, 0.2) is 0 Å². The molecular formula is C35H70N2O5. The maximum absolute atomic E-state index is 12.2. The topological polar surface area (TPSA) is 111 Å². The van der Waals surface area contributed by atoms with Crippen molar-refractivity contribution in [2.45, 2.75) is 187 Å². The predicted octanol–water partition coefficient (Wildman–Crippen LogP) is 8.71. The summed E-state index contributed by atoms with van der Waals surface area (Å²) in [5.41, 5.74) is 5.70. The molecule has 7 nitrogen and oxygen atoms in total. The first-order valence-electron chi connectivity index (χ1n) is 18.0. The Bertz CT molecular complexity index is 590. The monoisotopic (exact) mass is 599 g/mol. The maximum atomic E-state index is 12.2. The van der Waals surface area contributed by atoms with Crippen LogP contribution in [-0.4, -0.2) is 55.5 Å². The third-order valence-electron chi connectivity index (χ3n) is 8.03. The van der Waals surface area contributed by atoms with Gasteiger partial charge < -0.3 is 25.6 Å². The van der Waals surface area contributed by atoms with E-state index in [2.05, 4.69) is 19.2 Å². The molecular weight excluding hydrogens is 528 g/mol. The zero-order valence-electron chi connectivity index (χ0n) is 27.8. The molecule has 0 heterocycles. The molecule has 0 saturated carbocycles. The van der Waals surface area contributed by atoms with E-state index in [1.54, 1.807) is 0 Å². The lowest BCUT2D eigenvalue weighted by atomic mass is 10.1. The van der Waals surface area contributed by atoms with Crippen LogP contribution in [0.5, 0.6) is 0 Å². The average Bonchev–Trinajstić information content (AvgIpc) is 2.97. The number of carboxylic acid groups (broad SMARTS) is 1. The molecule has 4 N–H and O–H groups in total. The number of nitrogens with two attached hydrogens (primary N) is 1. The molecule has 0 spiro atoms. The summed E-state index contributed by atoms with van der Waals surface area (Å²) in [4.78, 5) is 23.0. The van der Waals surface area contributed by atoms with Crippen molar-refractivity contribution in [3.8, 4) is 0 Å². The Morgan fingerprint density at radius 3 is 1.40 bits per heavy atom. The molecule has 0 aromatic heterocycles. The minimum Gasteiger partial charge on any atom is -0.481 e. The van der Waals surface area contributed by atoms with Crippen molar-refractivity contribution in [3.63, 3.8) is 0 Å². The third kappa shape index (κ3) is 30.3. The van der Waals surface area contributed by atoms with E-state index < -0.39 is 17.9 Å². The predicted molar refractivity (Wildman–Crippen MR) is 176 cm³/mol. The first kappa shape index (κ1) is 40.8. The van der Waals surface area contributed by atoms with Gasteiger partial charge in [-0.1, -0.05) is 155 Å². The van der Waals surface area contributed by atoms with Crippen molar-refractivity contribution in [2.75, 3.05) is 26.4 Å². The van der Waals surface area contributed by atoms with Crippen LogP contribution in [0.3, 0.4) is 0 Å². The number of hydrogen-bond acceptors (Lipinski definition) is 5. The summed E-state index contributed by atoms with van der Waals surface area (Å²) < 4.78 is 12.0. The van der Waals surface area contributed by atoms with Gasteiger partial charge in [0.1, 0.15) is 0 Å². The van der Waals surface area contributed by atoms with Gasteiger partial charge in [0.15, 0.2) is 0 Å². The van der Waals surface area contributed by atoms with Gasteiger partial charge in [0.2, 0.25) is 5.91 Å². The molecule has 0 aliphatic rings. The SMILES string of the molecule is CCCCCCCCCCCCCCOCC(CNC(=O)C(N)CC(=O)O)OCCCCCCCCCCCCCC. The van der Waals surface area contributed by atoms with Crippen molar-refractivity contribution in [3.05, 3.63) is 0 Å². The zero-order valence-corrected chi connectivity index (χ0v) is 27.8. The van der Waals surface area contributed by atoms with Gasteiger partial charge in [0.25, 0.3) is 0 Å². The summed E-state index contributed by atoms with van der Waals surface area (Å²) in [6, 6.07) is -1.05. The van der Waals surface area contributed by atoms with Crippen LogP contribution in [0.2, 0.25) is 0 Å². The van der Waals surface area contributed by atoms with Crippen molar-refractivity contribution in [2.24, 2.45) is 5.73 Å². The van der Waals surface area contributed by atoms with Gasteiger partial charge in [-0.05, 0) is 12.8 Å². The Morgan fingerprint density at radius 2 is 1.00 bits per heavy atom. The van der Waals surface area contributed by atoms with E-state index in [0.29, 0.717) is 19.8 Å². The summed E-state index contributed by atoms with van der Waals surface area (Å²) in [7, 11) is 0. The molecule has 0 radical (unpaired) electrons. The van der Waals surface area contributed by atoms with Crippen LogP contribution in [0, 0.1) is 0 Å². The molecule has 0 bridgehead atoms. The lowest BCUT2D eigenvalue weighted by Crippen LogP contribution is -2.45. The molecule has 7 heteroatoms. The number of carboxylic acids is 1. The zero-order chi connectivity index (χ0) is 30.9. The lowest BCUT2D eigenvalue weighted by molar-refractivity contribution is -0.139. The number of aliphatic carboxylic acids is 1. The van der Waals surface area contributed by atoms with E-state index in [0.717, 1.165) is 19.3 Å². The second-order valence-electron chi connectivity index (χ2n) is 12.3. The van der Waals surface area contributed by atoms with Gasteiger partial charge in [-0.15, -0.1) is 0 Å². The largest absolute Gasteiger partial charge is 0.481 e. The number of amides is 1. The van der Waals surface area contributed by atoms with E-state index in [4.69, 9.17) is 20.3 Å². The summed E-state index contributed by atoms with van der Waals surface area (Å²) in [5.74, 6) is -1.54. The minimum absolute atomic E-state index is 0.254. The standard InChI is InChI=1S/C35H70N2O5/c1-3-5-7-9-11-13-15-17-19-21-23-25-27-41-31-32(30-37-35(40)33(36)29-34(38)39)42-28-26-24-22-20-18-16-14-12-10-8-6-4-2/h32-33H,3-31,36H2,1-2H3,(H,37,40)(H,38,39). The number of unbranched alkanes of at least 4 members (excludes halogenated alkanes) is 22. The third-order valence-corrected chi connectivity index (χ3v) is 8.03. The van der Waals surface area contributed by atoms with Gasteiger partial charge >= 0.3 is 5.97 Å². The number of hydrogen-bond donors (Lipinski definition) is 3. The van der Waals surface area contributed by atoms with Gasteiger partial charge in [-0.25, -0.2) is 0 Å². The van der Waals surface area contributed by atoms with Gasteiger partial charge in [0, 0.05) is 19.8 Å². The highest BCUT2D eigenvalue weighted by Gasteiger charge is 2.19. The van der Waals surface area contributed by atoms with Gasteiger partial charge in [0.05, 0.1) is 25.2 Å². The summed E-state index contributed by atoms with van der Waals surface area (Å²) in [5, 5.41) is 11.6. The van der Waals surface area contributed by atoms with Crippen LogP contribution >= 0.6 is 0 Å². The Labute approximate surface area is 259 Å². The molecule has 2 atom stereocenters. The first-order valence-corrected chi connectivity index (χ1v) is 18.0. The fourth-order valence-corrected chi connectivity index (χ4v) is 5.25. The molecule has 0 rings (SSSR count). The van der Waals surface area contributed by atoms with Gasteiger partial charge in [-0.2, -0.15) is 0 Å². The highest BCUT2D eigenvalue weighted by atomic mass is 16.5. The number of carbonyl (C=O) groups excluding carboxylic acids is 1. The highest BCUT2D eigenvalue weighted by molar-refractivity contribution is 5.85. The first-order chi connectivity index (χ1) is 20.5. The van der Waals surface area contributed by atoms with E-state index in [1.165, 1.54) is 135 Å². The van der Waals surface area contributed by atoms with Gasteiger partial charge in [-0.3, -0.25) is 9.59 Å². The van der Waals surface area contributed by atoms with Crippen molar-refractivity contribution in [1.29, 1.82) is 0 Å². The second-order valence-corrected chi connectivity index (χ2v) is 12.3. The Kier molecular flexibility index (Phi) is 31.8. The Balaban J connectivity index is 4.00. The lowest BCUT2D eigenvalue weighted by Gasteiger charge is -2.20. The molecule has 42 heavy (non-hydrogen) atoms. The maximum Gasteiger partial charge on any atom is 0.305 e. The molecule has 0 fully saturated rings. The average molecular weight is 599 g/mol. The van der Waals surface area contributed by atoms with Crippen LogP contribution in [0.1, 0.15) is 174 Å². The van der Waals surface area contributed by atoms with Crippen LogP contribution < -0.4 is 11.1 Å². The number of rotatable bonds is 34. The summed E-state index contributed by atoms with van der Waals surface area (Å²) in [6.45, 7) is 6.57. The number of nitrogens with one attached hydrogen (secondary N) is 1. The fraction of sp³-hybridized carbons (Fsp3) is 0.943. The molecule has 1 amide bonds. The number of carbonyl (C=O) groups is 2. The van der Waals surface area contributed by atoms with Crippen LogP contribution in [0.25, 0.3) is 0 Å². The highest BCUT2D eigenvalue weighted by Crippen LogP contribution is 2.13.